The van der Waals surface area contributed by atoms with Crippen LogP contribution in [-0.2, 0) is 9.47 Å². The summed E-state index contributed by atoms with van der Waals surface area (Å²) in [5, 5.41) is 5.93. The van der Waals surface area contributed by atoms with Gasteiger partial charge < -0.3 is 24.8 Å². The van der Waals surface area contributed by atoms with Crippen molar-refractivity contribution in [3.8, 4) is 5.75 Å². The van der Waals surface area contributed by atoms with Crippen LogP contribution in [0, 0.1) is 0 Å². The number of ether oxygens (including phenoxy) is 3. The molecule has 0 aliphatic carbocycles. The van der Waals surface area contributed by atoms with E-state index in [1.807, 2.05) is 24.3 Å². The second kappa shape index (κ2) is 10.1. The van der Waals surface area contributed by atoms with E-state index in [0.717, 1.165) is 57.9 Å². The maximum Gasteiger partial charge on any atom is 0.319 e. The van der Waals surface area contributed by atoms with E-state index in [1.165, 1.54) is 0 Å². The Morgan fingerprint density at radius 3 is 2.86 bits per heavy atom. The van der Waals surface area contributed by atoms with Gasteiger partial charge in [-0.25, -0.2) is 4.79 Å². The van der Waals surface area contributed by atoms with E-state index in [2.05, 4.69) is 29.4 Å². The van der Waals surface area contributed by atoms with Crippen molar-refractivity contribution in [2.24, 2.45) is 0 Å². The molecule has 1 aromatic carbocycles. The first-order chi connectivity index (χ1) is 13.6. The number of carbonyl (C=O) groups excluding carboxylic acids is 1. The first-order valence-electron chi connectivity index (χ1n) is 10.3. The lowest BCUT2D eigenvalue weighted by Crippen LogP contribution is -2.57. The maximum atomic E-state index is 12.4. The zero-order chi connectivity index (χ0) is 19.8. The van der Waals surface area contributed by atoms with Crippen LogP contribution < -0.4 is 15.4 Å². The summed E-state index contributed by atoms with van der Waals surface area (Å²) in [4.78, 5) is 14.8. The van der Waals surface area contributed by atoms with E-state index in [9.17, 15) is 4.79 Å². The van der Waals surface area contributed by atoms with Crippen LogP contribution in [-0.4, -0.2) is 68.6 Å². The van der Waals surface area contributed by atoms with Crippen LogP contribution in [0.2, 0.25) is 0 Å². The molecule has 2 heterocycles. The fourth-order valence-corrected chi connectivity index (χ4v) is 3.64. The minimum atomic E-state index is -0.204. The number of hydrogen-bond donors (Lipinski definition) is 2. The number of benzene rings is 1. The van der Waals surface area contributed by atoms with E-state index in [0.29, 0.717) is 18.8 Å². The van der Waals surface area contributed by atoms with Gasteiger partial charge in [0.25, 0.3) is 0 Å². The van der Waals surface area contributed by atoms with E-state index in [1.54, 1.807) is 0 Å². The number of rotatable bonds is 8. The predicted molar refractivity (Wildman–Crippen MR) is 109 cm³/mol. The highest BCUT2D eigenvalue weighted by Crippen LogP contribution is 2.21. The minimum Gasteiger partial charge on any atom is -0.491 e. The summed E-state index contributed by atoms with van der Waals surface area (Å²) in [6, 6.07) is 7.27. The first-order valence-corrected chi connectivity index (χ1v) is 10.3. The third-order valence-electron chi connectivity index (χ3n) is 5.72. The van der Waals surface area contributed by atoms with Gasteiger partial charge >= 0.3 is 6.03 Å². The van der Waals surface area contributed by atoms with Gasteiger partial charge in [0.05, 0.1) is 19.3 Å². The standard InChI is InChI=1S/C21H33N3O4/c1-3-21(2,24-9-12-26-13-10-24)16-22-20(25)23-17-6-4-7-18(14-17)28-15-19-8-5-11-27-19/h4,6-7,14,19H,3,5,8-13,15-16H2,1-2H3,(H2,22,23,25)/t19-,21-/m0/s1. The van der Waals surface area contributed by atoms with Gasteiger partial charge in [0.15, 0.2) is 0 Å². The molecule has 28 heavy (non-hydrogen) atoms. The summed E-state index contributed by atoms with van der Waals surface area (Å²) in [6.07, 6.45) is 3.27. The van der Waals surface area contributed by atoms with E-state index < -0.39 is 0 Å². The second-order valence-corrected chi connectivity index (χ2v) is 7.73. The highest BCUT2D eigenvalue weighted by atomic mass is 16.5. The largest absolute Gasteiger partial charge is 0.491 e. The lowest BCUT2D eigenvalue weighted by Gasteiger charge is -2.43. The zero-order valence-electron chi connectivity index (χ0n) is 17.0. The van der Waals surface area contributed by atoms with Gasteiger partial charge in [-0.05, 0) is 38.3 Å². The number of amides is 2. The Labute approximate surface area is 167 Å². The summed E-state index contributed by atoms with van der Waals surface area (Å²) < 4.78 is 16.8. The lowest BCUT2D eigenvalue weighted by atomic mass is 9.95. The van der Waals surface area contributed by atoms with E-state index in [4.69, 9.17) is 14.2 Å². The fraction of sp³-hybridized carbons (Fsp3) is 0.667. The summed E-state index contributed by atoms with van der Waals surface area (Å²) in [6.45, 7) is 9.60. The molecule has 0 aromatic heterocycles. The SMILES string of the molecule is CC[C@@](C)(CNC(=O)Nc1cccc(OC[C@@H]2CCCO2)c1)N1CCOCC1. The molecule has 2 amide bonds. The number of nitrogens with zero attached hydrogens (tertiary/aromatic N) is 1. The van der Waals surface area contributed by atoms with Crippen LogP contribution in [0.5, 0.6) is 5.75 Å². The highest BCUT2D eigenvalue weighted by molar-refractivity contribution is 5.89. The molecule has 2 fully saturated rings. The highest BCUT2D eigenvalue weighted by Gasteiger charge is 2.31. The van der Waals surface area contributed by atoms with Crippen molar-refractivity contribution in [3.63, 3.8) is 0 Å². The molecule has 156 valence electrons. The second-order valence-electron chi connectivity index (χ2n) is 7.73. The molecule has 2 aliphatic rings. The Bertz CT molecular complexity index is 630. The van der Waals surface area contributed by atoms with Gasteiger partial charge in [-0.1, -0.05) is 13.0 Å². The number of morpholine rings is 1. The third-order valence-corrected chi connectivity index (χ3v) is 5.72. The van der Waals surface area contributed by atoms with Crippen molar-refractivity contribution in [3.05, 3.63) is 24.3 Å². The quantitative estimate of drug-likeness (QED) is 0.713. The monoisotopic (exact) mass is 391 g/mol. The zero-order valence-corrected chi connectivity index (χ0v) is 17.0. The number of carbonyl (C=O) groups is 1. The molecule has 3 rings (SSSR count). The minimum absolute atomic E-state index is 0.0760. The van der Waals surface area contributed by atoms with Gasteiger partial charge in [0, 0.05) is 43.5 Å². The average molecular weight is 392 g/mol. The van der Waals surface area contributed by atoms with Crippen molar-refractivity contribution in [2.45, 2.75) is 44.8 Å². The Morgan fingerprint density at radius 2 is 2.14 bits per heavy atom. The molecule has 2 saturated heterocycles. The molecule has 0 spiro atoms. The summed E-state index contributed by atoms with van der Waals surface area (Å²) in [5.41, 5.74) is 0.639. The van der Waals surface area contributed by atoms with Crippen molar-refractivity contribution in [2.75, 3.05) is 51.4 Å². The third kappa shape index (κ3) is 5.83. The van der Waals surface area contributed by atoms with Crippen LogP contribution in [0.4, 0.5) is 10.5 Å². The van der Waals surface area contributed by atoms with E-state index in [-0.39, 0.29) is 17.7 Å². The van der Waals surface area contributed by atoms with Crippen molar-refractivity contribution >= 4 is 11.7 Å². The van der Waals surface area contributed by atoms with E-state index >= 15 is 0 Å². The number of nitrogens with one attached hydrogen (secondary N) is 2. The molecule has 7 heteroatoms. The van der Waals surface area contributed by atoms with Gasteiger partial charge in [-0.15, -0.1) is 0 Å². The smallest absolute Gasteiger partial charge is 0.319 e. The normalized spacial score (nSPS) is 22.4. The maximum absolute atomic E-state index is 12.4. The molecular weight excluding hydrogens is 358 g/mol. The molecule has 2 aliphatic heterocycles. The van der Waals surface area contributed by atoms with Gasteiger partial charge in [0.1, 0.15) is 12.4 Å². The Balaban J connectivity index is 1.47. The van der Waals surface area contributed by atoms with Crippen LogP contribution in [0.3, 0.4) is 0 Å². The molecule has 0 radical (unpaired) electrons. The average Bonchev–Trinajstić information content (AvgIpc) is 3.25. The molecular formula is C21H33N3O4. The van der Waals surface area contributed by atoms with Crippen molar-refractivity contribution < 1.29 is 19.0 Å². The molecule has 0 bridgehead atoms. The predicted octanol–water partition coefficient (Wildman–Crippen LogP) is 2.87. The van der Waals surface area contributed by atoms with Gasteiger partial charge in [0.2, 0.25) is 0 Å². The summed E-state index contributed by atoms with van der Waals surface area (Å²) in [7, 11) is 0. The van der Waals surface area contributed by atoms with Crippen molar-refractivity contribution in [1.29, 1.82) is 0 Å². The molecule has 0 unspecified atom stereocenters. The van der Waals surface area contributed by atoms with Crippen LogP contribution >= 0.6 is 0 Å². The molecule has 0 saturated carbocycles. The van der Waals surface area contributed by atoms with Gasteiger partial charge in [-0.2, -0.15) is 0 Å². The lowest BCUT2D eigenvalue weighted by molar-refractivity contribution is -0.0163. The molecule has 7 nitrogen and oxygen atoms in total. The van der Waals surface area contributed by atoms with Crippen LogP contribution in [0.25, 0.3) is 0 Å². The topological polar surface area (TPSA) is 72.1 Å². The Kier molecular flexibility index (Phi) is 7.53. The van der Waals surface area contributed by atoms with Crippen LogP contribution in [0.15, 0.2) is 24.3 Å². The Hall–Kier alpha value is -1.83. The molecule has 2 N–H and O–H groups in total. The first kappa shape index (κ1) is 20.9. The van der Waals surface area contributed by atoms with Crippen molar-refractivity contribution in [1.82, 2.24) is 10.2 Å². The number of anilines is 1. The molecule has 2 atom stereocenters. The number of urea groups is 1. The fourth-order valence-electron chi connectivity index (χ4n) is 3.64. The summed E-state index contributed by atoms with van der Waals surface area (Å²) >= 11 is 0. The molecule has 1 aromatic rings. The van der Waals surface area contributed by atoms with Crippen LogP contribution in [0.1, 0.15) is 33.1 Å². The Morgan fingerprint density at radius 1 is 1.32 bits per heavy atom. The van der Waals surface area contributed by atoms with Gasteiger partial charge in [-0.3, -0.25) is 4.90 Å². The summed E-state index contributed by atoms with van der Waals surface area (Å²) in [5.74, 6) is 0.736. The number of hydrogen-bond acceptors (Lipinski definition) is 5.